The second-order valence-corrected chi connectivity index (χ2v) is 7.00. The number of halogens is 1. The van der Waals surface area contributed by atoms with Crippen molar-refractivity contribution in [1.29, 1.82) is 5.41 Å². The van der Waals surface area contributed by atoms with Crippen LogP contribution in [0.25, 0.3) is 0 Å². The van der Waals surface area contributed by atoms with E-state index in [1.165, 1.54) is 0 Å². The molecule has 2 aliphatic rings. The molecular weight excluding hydrogens is 280 g/mol. The minimum atomic E-state index is -0.512. The predicted octanol–water partition coefficient (Wildman–Crippen LogP) is 2.95. The van der Waals surface area contributed by atoms with Crippen molar-refractivity contribution >= 4 is 28.6 Å². The van der Waals surface area contributed by atoms with Gasteiger partial charge in [0.2, 0.25) is 0 Å². The highest BCUT2D eigenvalue weighted by atomic mass is 35.5. The SMILES string of the molecule is CC(C)(C)OC(=O)N1[C@@H]2CC[C@H]1CC(C(=O)C(=N)Cl)C2. The van der Waals surface area contributed by atoms with Gasteiger partial charge in [0.15, 0.2) is 11.0 Å². The molecule has 0 aromatic rings. The third kappa shape index (κ3) is 3.14. The Labute approximate surface area is 124 Å². The molecule has 112 valence electrons. The summed E-state index contributed by atoms with van der Waals surface area (Å²) in [5.74, 6) is -0.524. The van der Waals surface area contributed by atoms with Gasteiger partial charge < -0.3 is 9.64 Å². The summed E-state index contributed by atoms with van der Waals surface area (Å²) in [4.78, 5) is 25.9. The van der Waals surface area contributed by atoms with Gasteiger partial charge in [-0.05, 0) is 46.5 Å². The van der Waals surface area contributed by atoms with Gasteiger partial charge in [0.1, 0.15) is 5.60 Å². The first kappa shape index (κ1) is 15.3. The summed E-state index contributed by atoms with van der Waals surface area (Å²) in [6.07, 6.45) is 2.66. The van der Waals surface area contributed by atoms with Gasteiger partial charge in [0.25, 0.3) is 0 Å². The van der Waals surface area contributed by atoms with Crippen LogP contribution >= 0.6 is 11.6 Å². The molecule has 0 saturated carbocycles. The fourth-order valence-corrected chi connectivity index (χ4v) is 3.34. The van der Waals surface area contributed by atoms with Gasteiger partial charge in [-0.25, -0.2) is 4.79 Å². The average molecular weight is 301 g/mol. The van der Waals surface area contributed by atoms with Crippen molar-refractivity contribution in [1.82, 2.24) is 4.90 Å². The lowest BCUT2D eigenvalue weighted by Gasteiger charge is -2.38. The number of piperidine rings is 1. The van der Waals surface area contributed by atoms with E-state index in [1.54, 1.807) is 4.90 Å². The zero-order valence-electron chi connectivity index (χ0n) is 12.1. The first-order valence-electron chi connectivity index (χ1n) is 6.98. The van der Waals surface area contributed by atoms with Crippen LogP contribution in [-0.2, 0) is 9.53 Å². The van der Waals surface area contributed by atoms with Gasteiger partial charge >= 0.3 is 6.09 Å². The lowest BCUT2D eigenvalue weighted by atomic mass is 9.88. The van der Waals surface area contributed by atoms with Crippen molar-refractivity contribution < 1.29 is 14.3 Å². The summed E-state index contributed by atoms with van der Waals surface area (Å²) in [5.41, 5.74) is -0.512. The molecule has 5 nitrogen and oxygen atoms in total. The molecule has 2 bridgehead atoms. The molecule has 2 fully saturated rings. The van der Waals surface area contributed by atoms with E-state index in [4.69, 9.17) is 21.7 Å². The van der Waals surface area contributed by atoms with Gasteiger partial charge in [-0.3, -0.25) is 10.2 Å². The van der Waals surface area contributed by atoms with E-state index >= 15 is 0 Å². The van der Waals surface area contributed by atoms with E-state index < -0.39 is 10.8 Å². The molecule has 3 atom stereocenters. The van der Waals surface area contributed by atoms with E-state index in [0.717, 1.165) is 12.8 Å². The van der Waals surface area contributed by atoms with Gasteiger partial charge in [0.05, 0.1) is 0 Å². The summed E-state index contributed by atoms with van der Waals surface area (Å²) >= 11 is 5.49. The molecule has 2 aliphatic heterocycles. The summed E-state index contributed by atoms with van der Waals surface area (Å²) in [5, 5.41) is 6.85. The number of fused-ring (bicyclic) bond motifs is 2. The summed E-state index contributed by atoms with van der Waals surface area (Å²) < 4.78 is 5.43. The third-order valence-electron chi connectivity index (χ3n) is 3.92. The first-order valence-corrected chi connectivity index (χ1v) is 7.36. The fraction of sp³-hybridized carbons (Fsp3) is 0.786. The Hall–Kier alpha value is -1.10. The second-order valence-electron chi connectivity index (χ2n) is 6.62. The van der Waals surface area contributed by atoms with Crippen LogP contribution in [0.15, 0.2) is 0 Å². The summed E-state index contributed by atoms with van der Waals surface area (Å²) in [6, 6.07) is 0.0714. The Bertz CT molecular complexity index is 430. The smallest absolute Gasteiger partial charge is 0.410 e. The van der Waals surface area contributed by atoms with E-state index in [2.05, 4.69) is 0 Å². The van der Waals surface area contributed by atoms with Crippen LogP contribution in [0.4, 0.5) is 4.79 Å². The molecule has 1 N–H and O–H groups in total. The maximum Gasteiger partial charge on any atom is 0.410 e. The Morgan fingerprint density at radius 2 is 1.70 bits per heavy atom. The molecule has 0 radical (unpaired) electrons. The normalized spacial score (nSPS) is 29.2. The van der Waals surface area contributed by atoms with E-state index in [1.807, 2.05) is 20.8 Å². The van der Waals surface area contributed by atoms with Crippen molar-refractivity contribution in [2.24, 2.45) is 5.92 Å². The van der Waals surface area contributed by atoms with E-state index in [-0.39, 0.29) is 29.9 Å². The van der Waals surface area contributed by atoms with Gasteiger partial charge in [-0.15, -0.1) is 0 Å². The van der Waals surface area contributed by atoms with Crippen molar-refractivity contribution in [2.45, 2.75) is 64.1 Å². The van der Waals surface area contributed by atoms with Crippen molar-refractivity contribution in [3.8, 4) is 0 Å². The Kier molecular flexibility index (Phi) is 4.09. The zero-order chi connectivity index (χ0) is 15.1. The van der Waals surface area contributed by atoms with Crippen LogP contribution in [0.2, 0.25) is 0 Å². The number of nitrogens with one attached hydrogen (secondary N) is 1. The van der Waals surface area contributed by atoms with Gasteiger partial charge in [-0.1, -0.05) is 11.6 Å². The van der Waals surface area contributed by atoms with Gasteiger partial charge in [0, 0.05) is 18.0 Å². The summed E-state index contributed by atoms with van der Waals surface area (Å²) in [6.45, 7) is 5.54. The maximum absolute atomic E-state index is 12.2. The topological polar surface area (TPSA) is 70.5 Å². The molecule has 0 aromatic heterocycles. The molecule has 2 rings (SSSR count). The first-order chi connectivity index (χ1) is 9.19. The lowest BCUT2D eigenvalue weighted by Crippen LogP contribution is -2.50. The molecule has 1 unspecified atom stereocenters. The number of hydrogen-bond acceptors (Lipinski definition) is 4. The standard InChI is InChI=1S/C14H21ClN2O3/c1-14(2,3)20-13(19)17-9-4-5-10(17)7-8(6-9)11(18)12(15)16/h8-10,16H,4-7H2,1-3H3/t8?,9-,10+. The Morgan fingerprint density at radius 3 is 2.10 bits per heavy atom. The van der Waals surface area contributed by atoms with Crippen LogP contribution in [0.3, 0.4) is 0 Å². The highest BCUT2D eigenvalue weighted by Crippen LogP contribution is 2.40. The number of amides is 1. The van der Waals surface area contributed by atoms with E-state index in [9.17, 15) is 9.59 Å². The monoisotopic (exact) mass is 300 g/mol. The molecule has 0 aliphatic carbocycles. The average Bonchev–Trinajstić information content (AvgIpc) is 2.57. The number of Topliss-reactive ketones (excluding diaryl/α,β-unsaturated/α-hetero) is 1. The number of carbonyl (C=O) groups is 2. The number of ketones is 1. The lowest BCUT2D eigenvalue weighted by molar-refractivity contribution is -0.118. The quantitative estimate of drug-likeness (QED) is 0.797. The molecular formula is C14H21ClN2O3. The molecule has 0 spiro atoms. The Balaban J connectivity index is 2.05. The van der Waals surface area contributed by atoms with Crippen LogP contribution in [0.1, 0.15) is 46.5 Å². The van der Waals surface area contributed by atoms with E-state index in [0.29, 0.717) is 12.8 Å². The van der Waals surface area contributed by atoms with Crippen molar-refractivity contribution in [3.63, 3.8) is 0 Å². The number of carbonyl (C=O) groups excluding carboxylic acids is 2. The number of hydrogen-bond donors (Lipinski definition) is 1. The van der Waals surface area contributed by atoms with Gasteiger partial charge in [-0.2, -0.15) is 0 Å². The van der Waals surface area contributed by atoms with Crippen LogP contribution < -0.4 is 0 Å². The molecule has 0 aromatic carbocycles. The van der Waals surface area contributed by atoms with Crippen LogP contribution in [-0.4, -0.2) is 39.6 Å². The van der Waals surface area contributed by atoms with Crippen molar-refractivity contribution in [3.05, 3.63) is 0 Å². The summed E-state index contributed by atoms with van der Waals surface area (Å²) in [7, 11) is 0. The number of rotatable bonds is 2. The molecule has 6 heteroatoms. The fourth-order valence-electron chi connectivity index (χ4n) is 3.18. The zero-order valence-corrected chi connectivity index (χ0v) is 12.9. The largest absolute Gasteiger partial charge is 0.444 e. The molecule has 2 saturated heterocycles. The highest BCUT2D eigenvalue weighted by molar-refractivity contribution is 6.82. The molecule has 20 heavy (non-hydrogen) atoms. The predicted molar refractivity (Wildman–Crippen MR) is 76.2 cm³/mol. The molecule has 2 heterocycles. The minimum absolute atomic E-state index is 0.0357. The third-order valence-corrected chi connectivity index (χ3v) is 4.11. The number of nitrogens with zero attached hydrogens (tertiary/aromatic N) is 1. The highest BCUT2D eigenvalue weighted by Gasteiger charge is 2.46. The van der Waals surface area contributed by atoms with Crippen LogP contribution in [0, 0.1) is 11.3 Å². The minimum Gasteiger partial charge on any atom is -0.444 e. The Morgan fingerprint density at radius 1 is 1.20 bits per heavy atom. The van der Waals surface area contributed by atoms with Crippen LogP contribution in [0.5, 0.6) is 0 Å². The number of ether oxygens (including phenoxy) is 1. The maximum atomic E-state index is 12.2. The van der Waals surface area contributed by atoms with Crippen molar-refractivity contribution in [2.75, 3.05) is 0 Å². The molecule has 1 amide bonds. The second kappa shape index (κ2) is 5.35.